The van der Waals surface area contributed by atoms with E-state index in [1.165, 1.54) is 28.9 Å². The fourth-order valence-electron chi connectivity index (χ4n) is 3.34. The molecule has 3 amide bonds. The highest BCUT2D eigenvalue weighted by Crippen LogP contribution is 2.24. The van der Waals surface area contributed by atoms with E-state index in [0.717, 1.165) is 4.47 Å². The zero-order chi connectivity index (χ0) is 24.9. The molecule has 1 heterocycles. The first kappa shape index (κ1) is 24.0. The van der Waals surface area contributed by atoms with Crippen LogP contribution >= 0.6 is 15.9 Å². The zero-order valence-electron chi connectivity index (χ0n) is 18.5. The Morgan fingerprint density at radius 2 is 1.54 bits per heavy atom. The van der Waals surface area contributed by atoms with Crippen molar-refractivity contribution in [3.63, 3.8) is 0 Å². The van der Waals surface area contributed by atoms with E-state index in [1.807, 2.05) is 6.92 Å². The average Bonchev–Trinajstić information content (AvgIpc) is 3.19. The second kappa shape index (κ2) is 10.4. The van der Waals surface area contributed by atoms with Crippen molar-refractivity contribution in [3.05, 3.63) is 88.8 Å². The van der Waals surface area contributed by atoms with Crippen molar-refractivity contribution in [1.29, 1.82) is 0 Å². The van der Waals surface area contributed by atoms with Crippen LogP contribution in [0.2, 0.25) is 0 Å². The number of nitrogens with zero attached hydrogens (tertiary/aromatic N) is 1. The van der Waals surface area contributed by atoms with E-state index in [1.54, 1.807) is 48.5 Å². The van der Waals surface area contributed by atoms with E-state index in [-0.39, 0.29) is 5.69 Å². The first-order valence-corrected chi connectivity index (χ1v) is 11.4. The highest BCUT2D eigenvalue weighted by Gasteiger charge is 2.21. The Morgan fingerprint density at radius 3 is 2.23 bits per heavy atom. The molecule has 0 bridgehead atoms. The number of fused-ring (bicyclic) bond motifs is 1. The normalized spacial score (nSPS) is 10.6. The Morgan fingerprint density at radius 1 is 0.886 bits per heavy atom. The molecule has 0 spiro atoms. The smallest absolute Gasteiger partial charge is 0.328 e. The molecule has 0 fully saturated rings. The molecule has 0 unspecified atom stereocenters. The number of carbonyl (C=O) groups excluding carboxylic acids is 3. The maximum atomic E-state index is 13.2. The minimum Gasteiger partial charge on any atom is -0.494 e. The summed E-state index contributed by atoms with van der Waals surface area (Å²) in [6.45, 7) is 2.37. The predicted octanol–water partition coefficient (Wildman–Crippen LogP) is 4.90. The number of benzene rings is 3. The van der Waals surface area contributed by atoms with Gasteiger partial charge in [0.05, 0.1) is 12.1 Å². The van der Waals surface area contributed by atoms with Gasteiger partial charge in [-0.25, -0.2) is 9.07 Å². The van der Waals surface area contributed by atoms with E-state index in [0.29, 0.717) is 34.6 Å². The van der Waals surface area contributed by atoms with Gasteiger partial charge in [-0.15, -0.1) is 0 Å². The molecule has 0 atom stereocenters. The summed E-state index contributed by atoms with van der Waals surface area (Å²) in [4.78, 5) is 38.2. The number of nitrogens with one attached hydrogen (secondary N) is 3. The van der Waals surface area contributed by atoms with Gasteiger partial charge in [0.1, 0.15) is 17.3 Å². The molecule has 0 saturated heterocycles. The lowest BCUT2D eigenvalue weighted by Crippen LogP contribution is -2.36. The molecule has 0 aliphatic rings. The number of halogens is 2. The second-order valence-electron chi connectivity index (χ2n) is 7.38. The van der Waals surface area contributed by atoms with Crippen LogP contribution in [0.3, 0.4) is 0 Å². The molecule has 3 aromatic carbocycles. The molecule has 178 valence electrons. The molecule has 1 aromatic heterocycles. The third-order valence-electron chi connectivity index (χ3n) is 4.94. The number of carbonyl (C=O) groups is 3. The average molecular weight is 539 g/mol. The number of hydrogen-bond acceptors (Lipinski definition) is 4. The minimum absolute atomic E-state index is 0.0737. The van der Waals surface area contributed by atoms with Crippen LogP contribution in [0, 0.1) is 5.82 Å². The zero-order valence-corrected chi connectivity index (χ0v) is 20.1. The van der Waals surface area contributed by atoms with Crippen molar-refractivity contribution in [2.45, 2.75) is 6.92 Å². The first-order chi connectivity index (χ1) is 16.8. The Balaban J connectivity index is 1.57. The van der Waals surface area contributed by atoms with Crippen LogP contribution in [0.4, 0.5) is 15.8 Å². The van der Waals surface area contributed by atoms with Gasteiger partial charge >= 0.3 is 11.8 Å². The standard InChI is InChI=1S/C25H20BrFN4O4/c1-2-35-20-10-8-19(9-11-20)29-24(33)25(34)30-31-21-12-3-16(26)13-15(21)14-22(31)23(32)28-18-6-4-17(27)5-7-18/h3-14H,2H2,1H3,(H,28,32)(H,29,33)(H,30,34). The van der Waals surface area contributed by atoms with E-state index < -0.39 is 23.5 Å². The van der Waals surface area contributed by atoms with Crippen molar-refractivity contribution in [2.24, 2.45) is 0 Å². The SMILES string of the molecule is CCOc1ccc(NC(=O)C(=O)Nn2c(C(=O)Nc3ccc(F)cc3)cc3cc(Br)ccc32)cc1. The fraction of sp³-hybridized carbons (Fsp3) is 0.0800. The van der Waals surface area contributed by atoms with Crippen molar-refractivity contribution in [2.75, 3.05) is 22.7 Å². The van der Waals surface area contributed by atoms with E-state index in [4.69, 9.17) is 4.74 Å². The van der Waals surface area contributed by atoms with Crippen LogP contribution in [0.25, 0.3) is 10.9 Å². The molecule has 4 aromatic rings. The van der Waals surface area contributed by atoms with Crippen LogP contribution in [-0.4, -0.2) is 29.0 Å². The summed E-state index contributed by atoms with van der Waals surface area (Å²) in [5, 5.41) is 5.82. The van der Waals surface area contributed by atoms with Crippen molar-refractivity contribution >= 4 is 55.9 Å². The number of hydrogen-bond donors (Lipinski definition) is 3. The van der Waals surface area contributed by atoms with Crippen LogP contribution in [0.5, 0.6) is 5.75 Å². The number of amides is 3. The Hall–Kier alpha value is -4.18. The van der Waals surface area contributed by atoms with Crippen molar-refractivity contribution in [3.8, 4) is 5.75 Å². The van der Waals surface area contributed by atoms with Gasteiger partial charge in [0.25, 0.3) is 5.91 Å². The summed E-state index contributed by atoms with van der Waals surface area (Å²) in [7, 11) is 0. The fourth-order valence-corrected chi connectivity index (χ4v) is 3.72. The van der Waals surface area contributed by atoms with E-state index in [9.17, 15) is 18.8 Å². The first-order valence-electron chi connectivity index (χ1n) is 10.6. The van der Waals surface area contributed by atoms with Crippen LogP contribution in [0.15, 0.2) is 77.3 Å². The minimum atomic E-state index is -0.977. The molecule has 0 radical (unpaired) electrons. The Kier molecular flexibility index (Phi) is 7.11. The lowest BCUT2D eigenvalue weighted by atomic mass is 10.2. The van der Waals surface area contributed by atoms with Crippen LogP contribution in [-0.2, 0) is 9.59 Å². The number of ether oxygens (including phenoxy) is 1. The van der Waals surface area contributed by atoms with Crippen molar-refractivity contribution in [1.82, 2.24) is 4.68 Å². The molecule has 0 aliphatic carbocycles. The van der Waals surface area contributed by atoms with Gasteiger partial charge in [0, 0.05) is 21.2 Å². The largest absolute Gasteiger partial charge is 0.494 e. The van der Waals surface area contributed by atoms with Gasteiger partial charge in [-0.1, -0.05) is 15.9 Å². The molecule has 35 heavy (non-hydrogen) atoms. The highest BCUT2D eigenvalue weighted by atomic mass is 79.9. The summed E-state index contributed by atoms with van der Waals surface area (Å²) in [5.74, 6) is -2.26. The monoisotopic (exact) mass is 538 g/mol. The third-order valence-corrected chi connectivity index (χ3v) is 5.43. The molecular weight excluding hydrogens is 519 g/mol. The maximum Gasteiger partial charge on any atom is 0.328 e. The summed E-state index contributed by atoms with van der Waals surface area (Å²) in [5.41, 5.74) is 3.83. The predicted molar refractivity (Wildman–Crippen MR) is 135 cm³/mol. The molecule has 0 aliphatic heterocycles. The van der Waals surface area contributed by atoms with Crippen LogP contribution in [0.1, 0.15) is 17.4 Å². The third kappa shape index (κ3) is 5.67. The molecular formula is C25H20BrFN4O4. The molecule has 8 nitrogen and oxygen atoms in total. The maximum absolute atomic E-state index is 13.2. The van der Waals surface area contributed by atoms with Gasteiger partial charge < -0.3 is 15.4 Å². The molecule has 0 saturated carbocycles. The lowest BCUT2D eigenvalue weighted by Gasteiger charge is -2.13. The summed E-state index contributed by atoms with van der Waals surface area (Å²) in [6.07, 6.45) is 0. The molecule has 10 heteroatoms. The van der Waals surface area contributed by atoms with Crippen LogP contribution < -0.4 is 20.8 Å². The number of aromatic nitrogens is 1. The topological polar surface area (TPSA) is 101 Å². The van der Waals surface area contributed by atoms with Gasteiger partial charge in [0.15, 0.2) is 0 Å². The molecule has 3 N–H and O–H groups in total. The number of rotatable bonds is 6. The van der Waals surface area contributed by atoms with E-state index in [2.05, 4.69) is 32.0 Å². The highest BCUT2D eigenvalue weighted by molar-refractivity contribution is 9.10. The summed E-state index contributed by atoms with van der Waals surface area (Å²) in [6, 6.07) is 18.6. The van der Waals surface area contributed by atoms with E-state index >= 15 is 0 Å². The number of anilines is 2. The molecule has 4 rings (SSSR count). The van der Waals surface area contributed by atoms with Crippen molar-refractivity contribution < 1.29 is 23.5 Å². The van der Waals surface area contributed by atoms with Gasteiger partial charge in [0.2, 0.25) is 0 Å². The Bertz CT molecular complexity index is 1400. The van der Waals surface area contributed by atoms with Gasteiger partial charge in [-0.05, 0) is 79.7 Å². The van der Waals surface area contributed by atoms with Gasteiger partial charge in [-0.3, -0.25) is 19.8 Å². The lowest BCUT2D eigenvalue weighted by molar-refractivity contribution is -0.133. The quantitative estimate of drug-likeness (QED) is 0.304. The second-order valence-corrected chi connectivity index (χ2v) is 8.30. The van der Waals surface area contributed by atoms with Gasteiger partial charge in [-0.2, -0.15) is 0 Å². The Labute approximate surface area is 208 Å². The summed E-state index contributed by atoms with van der Waals surface area (Å²) < 4.78 is 20.6. The summed E-state index contributed by atoms with van der Waals surface area (Å²) >= 11 is 3.38.